The van der Waals surface area contributed by atoms with Crippen molar-refractivity contribution in [2.45, 2.75) is 32.0 Å². The van der Waals surface area contributed by atoms with E-state index in [-0.39, 0.29) is 19.5 Å². The molecule has 2 fully saturated rings. The van der Waals surface area contributed by atoms with Gasteiger partial charge in [0, 0.05) is 37.6 Å². The number of carbonyl (C=O) groups is 1. The molecule has 2 aliphatic heterocycles. The van der Waals surface area contributed by atoms with Gasteiger partial charge in [0.25, 0.3) is 0 Å². The Morgan fingerprint density at radius 3 is 2.43 bits per heavy atom. The molecular weight excluding hydrogens is 391 g/mol. The molecule has 1 unspecified atom stereocenters. The summed E-state index contributed by atoms with van der Waals surface area (Å²) in [5.74, 6) is -0.968. The smallest absolute Gasteiger partial charge is 0.371 e. The van der Waals surface area contributed by atoms with Gasteiger partial charge in [0.05, 0.1) is 0 Å². The molecule has 0 radical (unpaired) electrons. The molecule has 160 valence electrons. The monoisotopic (exact) mass is 417 g/mol. The predicted molar refractivity (Wildman–Crippen MR) is 111 cm³/mol. The average molecular weight is 417 g/mol. The fourth-order valence-corrected chi connectivity index (χ4v) is 4.42. The third-order valence-electron chi connectivity index (χ3n) is 6.15. The third-order valence-corrected chi connectivity index (χ3v) is 6.15. The van der Waals surface area contributed by atoms with E-state index < -0.39 is 17.5 Å². The summed E-state index contributed by atoms with van der Waals surface area (Å²) in [4.78, 5) is 16.8. The molecule has 1 N–H and O–H groups in total. The van der Waals surface area contributed by atoms with E-state index in [1.807, 2.05) is 36.4 Å². The highest BCUT2D eigenvalue weighted by molar-refractivity contribution is 5.96. The van der Waals surface area contributed by atoms with Crippen molar-refractivity contribution in [2.24, 2.45) is 5.41 Å². The second-order valence-corrected chi connectivity index (χ2v) is 8.22. The van der Waals surface area contributed by atoms with Gasteiger partial charge in [-0.2, -0.15) is 13.2 Å². The van der Waals surface area contributed by atoms with Crippen LogP contribution in [-0.2, 0) is 11.3 Å². The Bertz CT molecular complexity index is 881. The van der Waals surface area contributed by atoms with E-state index in [0.29, 0.717) is 12.2 Å². The number of nitrogens with one attached hydrogen (secondary N) is 1. The van der Waals surface area contributed by atoms with Gasteiger partial charge in [-0.05, 0) is 49.6 Å². The normalized spacial score (nSPS) is 22.4. The van der Waals surface area contributed by atoms with Gasteiger partial charge in [0.15, 0.2) is 5.41 Å². The first-order valence-corrected chi connectivity index (χ1v) is 10.4. The number of rotatable bonds is 5. The molecule has 30 heavy (non-hydrogen) atoms. The minimum absolute atomic E-state index is 0.232. The van der Waals surface area contributed by atoms with Crippen molar-refractivity contribution in [3.05, 3.63) is 60.2 Å². The van der Waals surface area contributed by atoms with E-state index >= 15 is 0 Å². The molecule has 0 saturated carbocycles. The summed E-state index contributed by atoms with van der Waals surface area (Å²) in [6, 6.07) is 16.5. The number of likely N-dealkylation sites (tertiary alicyclic amines) is 1. The highest BCUT2D eigenvalue weighted by Crippen LogP contribution is 2.46. The van der Waals surface area contributed by atoms with Gasteiger partial charge >= 0.3 is 6.18 Å². The molecule has 0 aliphatic carbocycles. The molecule has 1 atom stereocenters. The lowest BCUT2D eigenvalue weighted by Gasteiger charge is -2.30. The first-order chi connectivity index (χ1) is 14.4. The molecule has 1 amide bonds. The van der Waals surface area contributed by atoms with Crippen molar-refractivity contribution in [2.75, 3.05) is 36.4 Å². The molecule has 4 nitrogen and oxygen atoms in total. The molecule has 0 bridgehead atoms. The summed E-state index contributed by atoms with van der Waals surface area (Å²) >= 11 is 0. The van der Waals surface area contributed by atoms with E-state index in [1.54, 1.807) is 23.1 Å². The highest BCUT2D eigenvalue weighted by Gasteiger charge is 2.62. The van der Waals surface area contributed by atoms with Crippen molar-refractivity contribution in [1.29, 1.82) is 0 Å². The Labute approximate surface area is 174 Å². The van der Waals surface area contributed by atoms with Crippen LogP contribution in [0.5, 0.6) is 0 Å². The summed E-state index contributed by atoms with van der Waals surface area (Å²) < 4.78 is 42.3. The molecule has 2 aliphatic rings. The standard InChI is InChI=1S/C23H26F3N3O/c24-23(25,26)22(11-14-28(17-22)16-18-7-2-1-3-8-18)21(30)27-19-9-6-10-20(15-19)29-12-4-5-13-29/h1-3,6-10,15H,4-5,11-14,16-17H2,(H,27,30). The maximum absolute atomic E-state index is 14.1. The van der Waals surface area contributed by atoms with Crippen LogP contribution in [0.15, 0.2) is 54.6 Å². The Hall–Kier alpha value is -2.54. The van der Waals surface area contributed by atoms with Crippen LogP contribution in [0.25, 0.3) is 0 Å². The minimum Gasteiger partial charge on any atom is -0.371 e. The Kier molecular flexibility index (Phi) is 5.73. The predicted octanol–water partition coefficient (Wildman–Crippen LogP) is 4.68. The SMILES string of the molecule is O=C(Nc1cccc(N2CCCC2)c1)C1(C(F)(F)F)CCN(Cc2ccccc2)C1. The molecule has 4 rings (SSSR count). The zero-order chi connectivity index (χ0) is 21.2. The topological polar surface area (TPSA) is 35.6 Å². The van der Waals surface area contributed by atoms with E-state index in [9.17, 15) is 18.0 Å². The second-order valence-electron chi connectivity index (χ2n) is 8.22. The Morgan fingerprint density at radius 1 is 1.00 bits per heavy atom. The van der Waals surface area contributed by atoms with Crippen LogP contribution in [0.4, 0.5) is 24.5 Å². The molecule has 2 heterocycles. The lowest BCUT2D eigenvalue weighted by atomic mass is 9.85. The summed E-state index contributed by atoms with van der Waals surface area (Å²) in [5, 5.41) is 2.57. The number of nitrogens with zero attached hydrogens (tertiary/aromatic N) is 2. The number of halogens is 3. The van der Waals surface area contributed by atoms with Crippen LogP contribution in [-0.4, -0.2) is 43.2 Å². The number of hydrogen-bond acceptors (Lipinski definition) is 3. The van der Waals surface area contributed by atoms with E-state index in [0.717, 1.165) is 37.2 Å². The number of amides is 1. The highest BCUT2D eigenvalue weighted by atomic mass is 19.4. The Balaban J connectivity index is 1.50. The largest absolute Gasteiger partial charge is 0.404 e. The third kappa shape index (κ3) is 4.17. The van der Waals surface area contributed by atoms with Gasteiger partial charge in [-0.15, -0.1) is 0 Å². The molecule has 7 heteroatoms. The lowest BCUT2D eigenvalue weighted by molar-refractivity contribution is -0.215. The van der Waals surface area contributed by atoms with Gasteiger partial charge < -0.3 is 10.2 Å². The summed E-state index contributed by atoms with van der Waals surface area (Å²) in [6.07, 6.45) is -2.65. The number of hydrogen-bond donors (Lipinski definition) is 1. The maximum atomic E-state index is 14.1. The zero-order valence-corrected chi connectivity index (χ0v) is 16.8. The molecule has 2 saturated heterocycles. The number of alkyl halides is 3. The van der Waals surface area contributed by atoms with Crippen molar-refractivity contribution in [1.82, 2.24) is 4.90 Å². The number of carbonyl (C=O) groups excluding carboxylic acids is 1. The minimum atomic E-state index is -4.62. The van der Waals surface area contributed by atoms with Gasteiger partial charge in [0.1, 0.15) is 0 Å². The van der Waals surface area contributed by atoms with Crippen LogP contribution in [0.2, 0.25) is 0 Å². The molecule has 2 aromatic rings. The van der Waals surface area contributed by atoms with E-state index in [4.69, 9.17) is 0 Å². The first kappa shape index (κ1) is 20.7. The van der Waals surface area contributed by atoms with Crippen molar-refractivity contribution >= 4 is 17.3 Å². The van der Waals surface area contributed by atoms with Gasteiger partial charge in [-0.3, -0.25) is 9.69 Å². The van der Waals surface area contributed by atoms with E-state index in [2.05, 4.69) is 10.2 Å². The fraction of sp³-hybridized carbons (Fsp3) is 0.435. The lowest BCUT2D eigenvalue weighted by Crippen LogP contribution is -2.49. The van der Waals surface area contributed by atoms with Gasteiger partial charge in [0.2, 0.25) is 5.91 Å². The summed E-state index contributed by atoms with van der Waals surface area (Å²) in [6.45, 7) is 2.16. The van der Waals surface area contributed by atoms with Crippen molar-refractivity contribution < 1.29 is 18.0 Å². The average Bonchev–Trinajstić information content (AvgIpc) is 3.39. The first-order valence-electron chi connectivity index (χ1n) is 10.4. The van der Waals surface area contributed by atoms with Gasteiger partial charge in [-0.1, -0.05) is 36.4 Å². The number of anilines is 2. The zero-order valence-electron chi connectivity index (χ0n) is 16.8. The van der Waals surface area contributed by atoms with Crippen LogP contribution < -0.4 is 10.2 Å². The quantitative estimate of drug-likeness (QED) is 0.767. The van der Waals surface area contributed by atoms with Crippen LogP contribution in [0.3, 0.4) is 0 Å². The number of benzene rings is 2. The molecule has 2 aromatic carbocycles. The van der Waals surface area contributed by atoms with Crippen LogP contribution in [0.1, 0.15) is 24.8 Å². The van der Waals surface area contributed by atoms with Crippen LogP contribution in [0, 0.1) is 5.41 Å². The maximum Gasteiger partial charge on any atom is 0.404 e. The molecule has 0 aromatic heterocycles. The molecule has 0 spiro atoms. The summed E-state index contributed by atoms with van der Waals surface area (Å²) in [7, 11) is 0. The Morgan fingerprint density at radius 2 is 1.73 bits per heavy atom. The van der Waals surface area contributed by atoms with Crippen molar-refractivity contribution in [3.63, 3.8) is 0 Å². The van der Waals surface area contributed by atoms with Crippen LogP contribution >= 0.6 is 0 Å². The van der Waals surface area contributed by atoms with E-state index in [1.165, 1.54) is 0 Å². The molecular formula is C23H26F3N3O. The fourth-order valence-electron chi connectivity index (χ4n) is 4.42. The van der Waals surface area contributed by atoms with Gasteiger partial charge in [-0.25, -0.2) is 0 Å². The summed E-state index contributed by atoms with van der Waals surface area (Å²) in [5.41, 5.74) is -0.113. The second kappa shape index (κ2) is 8.30. The van der Waals surface area contributed by atoms with Crippen molar-refractivity contribution in [3.8, 4) is 0 Å².